The zero-order valence-electron chi connectivity index (χ0n) is 36.8. The van der Waals surface area contributed by atoms with Crippen molar-refractivity contribution in [2.45, 2.75) is 120 Å². The summed E-state index contributed by atoms with van der Waals surface area (Å²) in [6.07, 6.45) is 3.88. The molecule has 9 rings (SSSR count). The van der Waals surface area contributed by atoms with Crippen molar-refractivity contribution in [2.24, 2.45) is 11.8 Å². The van der Waals surface area contributed by atoms with Crippen LogP contribution in [0.15, 0.2) is 48.8 Å². The van der Waals surface area contributed by atoms with E-state index in [1.807, 2.05) is 30.3 Å². The summed E-state index contributed by atoms with van der Waals surface area (Å²) >= 11 is 0. The normalized spacial score (nSPS) is 23.6. The molecule has 1 unspecified atom stereocenters. The Morgan fingerprint density at radius 3 is 1.70 bits per heavy atom. The number of aromatic amines is 2. The Morgan fingerprint density at radius 2 is 1.19 bits per heavy atom. The van der Waals surface area contributed by atoms with E-state index in [9.17, 15) is 28.3 Å². The first kappa shape index (κ1) is 45.2. The second kappa shape index (κ2) is 17.6. The SMILES string of the molecule is COC(=O)N[C@H](C(=O)N1CC(F)(F)C[C@H]1c1ncc(-c2ccc(-c3ccc(-c4cnc([C@@H]5CC(F)(F)CN5C(=O)[C@@H](NC(O)OC)C(C)C)[nH]4)cc3)c3c2C2CCC3CC2)[nH]1)C(C)C. The second-order valence-electron chi connectivity index (χ2n) is 18.4. The van der Waals surface area contributed by atoms with Gasteiger partial charge in [0.2, 0.25) is 18.2 Å². The first-order valence-corrected chi connectivity index (χ1v) is 21.9. The van der Waals surface area contributed by atoms with Crippen LogP contribution >= 0.6 is 0 Å². The van der Waals surface area contributed by atoms with Crippen LogP contribution in [0.4, 0.5) is 22.4 Å². The minimum atomic E-state index is -3.16. The first-order valence-electron chi connectivity index (χ1n) is 21.9. The molecule has 2 aromatic carbocycles. The Bertz CT molecular complexity index is 2360. The van der Waals surface area contributed by atoms with Crippen molar-refractivity contribution in [3.05, 3.63) is 71.6 Å². The molecule has 0 spiro atoms. The molecule has 1 saturated carbocycles. The average molecular weight is 893 g/mol. The molecule has 18 heteroatoms. The zero-order chi connectivity index (χ0) is 45.8. The summed E-state index contributed by atoms with van der Waals surface area (Å²) in [5.74, 6) is -7.14. The van der Waals surface area contributed by atoms with Crippen LogP contribution in [0.5, 0.6) is 0 Å². The average Bonchev–Trinajstić information content (AvgIpc) is 4.09. The molecule has 5 atom stereocenters. The van der Waals surface area contributed by atoms with E-state index in [2.05, 4.69) is 36.6 Å². The third-order valence-electron chi connectivity index (χ3n) is 13.4. The fraction of sp³-hybridized carbons (Fsp3) is 0.543. The predicted molar refractivity (Wildman–Crippen MR) is 228 cm³/mol. The van der Waals surface area contributed by atoms with Crippen LogP contribution in [0.2, 0.25) is 0 Å². The third kappa shape index (κ3) is 8.75. The molecule has 2 saturated heterocycles. The number of amides is 3. The number of H-pyrrole nitrogens is 2. The summed E-state index contributed by atoms with van der Waals surface area (Å²) in [5, 5.41) is 15.2. The van der Waals surface area contributed by atoms with Gasteiger partial charge >= 0.3 is 6.09 Å². The molecular weight excluding hydrogens is 837 g/mol. The Balaban J connectivity index is 1.05. The number of imidazole rings is 2. The Kier molecular flexibility index (Phi) is 12.4. The van der Waals surface area contributed by atoms with Crippen LogP contribution < -0.4 is 10.6 Å². The number of hydrogen-bond donors (Lipinski definition) is 5. The molecule has 3 aliphatic carbocycles. The number of rotatable bonds is 13. The van der Waals surface area contributed by atoms with E-state index in [0.29, 0.717) is 23.2 Å². The molecule has 4 heterocycles. The highest BCUT2D eigenvalue weighted by Gasteiger charge is 2.52. The predicted octanol–water partition coefficient (Wildman–Crippen LogP) is 7.62. The lowest BCUT2D eigenvalue weighted by atomic mass is 9.64. The Morgan fingerprint density at radius 1 is 0.719 bits per heavy atom. The number of methoxy groups -OCH3 is 2. The molecule has 14 nitrogen and oxygen atoms in total. The number of alkyl carbamates (subject to hydrolysis) is 1. The van der Waals surface area contributed by atoms with Crippen molar-refractivity contribution >= 4 is 17.9 Å². The molecule has 2 aliphatic heterocycles. The number of nitrogens with one attached hydrogen (secondary N) is 4. The molecule has 3 amide bonds. The van der Waals surface area contributed by atoms with E-state index in [1.54, 1.807) is 40.1 Å². The van der Waals surface area contributed by atoms with Crippen LogP contribution in [-0.4, -0.2) is 110 Å². The summed E-state index contributed by atoms with van der Waals surface area (Å²) < 4.78 is 69.6. The molecule has 2 aromatic heterocycles. The maximum Gasteiger partial charge on any atom is 0.407 e. The largest absolute Gasteiger partial charge is 0.453 e. The lowest BCUT2D eigenvalue weighted by Crippen LogP contribution is -2.53. The molecule has 5 N–H and O–H groups in total. The van der Waals surface area contributed by atoms with Gasteiger partial charge in [0, 0.05) is 25.5 Å². The van der Waals surface area contributed by atoms with Gasteiger partial charge in [0.15, 0.2) is 0 Å². The lowest BCUT2D eigenvalue weighted by molar-refractivity contribution is -0.146. The quantitative estimate of drug-likeness (QED) is 0.0668. The fourth-order valence-electron chi connectivity index (χ4n) is 10.2. The van der Waals surface area contributed by atoms with Gasteiger partial charge in [-0.05, 0) is 77.2 Å². The van der Waals surface area contributed by atoms with Gasteiger partial charge in [0.1, 0.15) is 17.7 Å². The van der Waals surface area contributed by atoms with E-state index in [-0.39, 0.29) is 17.6 Å². The third-order valence-corrected chi connectivity index (χ3v) is 13.4. The van der Waals surface area contributed by atoms with Gasteiger partial charge in [0.05, 0.1) is 62.1 Å². The van der Waals surface area contributed by atoms with E-state index in [0.717, 1.165) is 57.7 Å². The molecule has 64 heavy (non-hydrogen) atoms. The number of aliphatic hydroxyl groups is 1. The summed E-state index contributed by atoms with van der Waals surface area (Å²) in [4.78, 5) is 57.3. The maximum absolute atomic E-state index is 15.1. The number of benzene rings is 2. The van der Waals surface area contributed by atoms with Gasteiger partial charge in [-0.15, -0.1) is 0 Å². The molecule has 3 fully saturated rings. The smallest absolute Gasteiger partial charge is 0.407 e. The number of fused-ring (bicyclic) bond motifs is 2. The van der Waals surface area contributed by atoms with Gasteiger partial charge in [-0.3, -0.25) is 14.9 Å². The highest BCUT2D eigenvalue weighted by atomic mass is 19.3. The lowest BCUT2D eigenvalue weighted by Gasteiger charge is -2.41. The molecular formula is C46H56F4N8O6. The number of aliphatic hydroxyl groups excluding tert-OH is 1. The number of halogens is 4. The van der Waals surface area contributed by atoms with Gasteiger partial charge in [-0.25, -0.2) is 32.3 Å². The summed E-state index contributed by atoms with van der Waals surface area (Å²) in [7, 11) is 2.44. The summed E-state index contributed by atoms with van der Waals surface area (Å²) in [6, 6.07) is 7.96. The number of carbonyl (C=O) groups is 3. The van der Waals surface area contributed by atoms with Crippen molar-refractivity contribution < 1.29 is 46.5 Å². The Hall–Kier alpha value is -5.33. The zero-order valence-corrected chi connectivity index (χ0v) is 36.8. The van der Waals surface area contributed by atoms with Gasteiger partial charge in [-0.1, -0.05) is 64.1 Å². The topological polar surface area (TPSA) is 178 Å². The number of ether oxygens (including phenoxy) is 2. The highest BCUT2D eigenvalue weighted by molar-refractivity contribution is 5.87. The van der Waals surface area contributed by atoms with Crippen LogP contribution in [0.25, 0.3) is 33.6 Å². The van der Waals surface area contributed by atoms with Crippen molar-refractivity contribution in [3.63, 3.8) is 0 Å². The van der Waals surface area contributed by atoms with Gasteiger partial charge in [-0.2, -0.15) is 0 Å². The van der Waals surface area contributed by atoms with E-state index in [4.69, 9.17) is 9.47 Å². The van der Waals surface area contributed by atoms with Crippen molar-refractivity contribution in [2.75, 3.05) is 27.3 Å². The molecule has 344 valence electrons. The number of likely N-dealkylation sites (tertiary alicyclic amines) is 2. The number of nitrogens with zero attached hydrogens (tertiary/aromatic N) is 4. The second-order valence-corrected chi connectivity index (χ2v) is 18.4. The minimum absolute atomic E-state index is 0.235. The minimum Gasteiger partial charge on any atom is -0.453 e. The van der Waals surface area contributed by atoms with Gasteiger partial charge in [0.25, 0.3) is 11.8 Å². The van der Waals surface area contributed by atoms with Gasteiger partial charge < -0.3 is 39.7 Å². The number of aromatic nitrogens is 4. The van der Waals surface area contributed by atoms with E-state index >= 15 is 8.78 Å². The van der Waals surface area contributed by atoms with E-state index < -0.39 is 92.2 Å². The standard InChI is InChI=1S/C46H56F4N8O6/c1-23(2)37(55-43(61)63-5)41(59)57-21-45(47,48)17-33(57)39-51-19-31(53-39)26-9-7-25(8-10-26)29-15-16-30(36-28-13-11-27(12-14-28)35(29)36)32-20-52-40(54-32)34-18-46(49,50)22-58(34)42(60)38(24(3)4)56-44(62)64-6/h7-10,15-16,19-20,23-24,27-28,33-34,37-38,43,55,61H,11-14,17-18,21-22H2,1-6H3,(H,51,53)(H,52,54)(H,56,62)/t27?,28?,33-,34-,37-,38-,43?/m0/s1. The monoisotopic (exact) mass is 892 g/mol. The summed E-state index contributed by atoms with van der Waals surface area (Å²) in [5.41, 5.74) is 7.54. The number of hydrogen-bond acceptors (Lipinski definition) is 9. The fourth-order valence-corrected chi connectivity index (χ4v) is 10.2. The molecule has 2 bridgehead atoms. The molecule has 5 aliphatic rings. The van der Waals surface area contributed by atoms with Crippen molar-refractivity contribution in [1.82, 2.24) is 40.4 Å². The Labute approximate surface area is 368 Å². The van der Waals surface area contributed by atoms with Crippen LogP contribution in [0.3, 0.4) is 0 Å². The summed E-state index contributed by atoms with van der Waals surface area (Å²) in [6.45, 7) is 5.37. The van der Waals surface area contributed by atoms with E-state index in [1.165, 1.54) is 25.3 Å². The van der Waals surface area contributed by atoms with Crippen molar-refractivity contribution in [3.8, 4) is 33.6 Å². The van der Waals surface area contributed by atoms with Crippen molar-refractivity contribution in [1.29, 1.82) is 0 Å². The van der Waals surface area contributed by atoms with Crippen LogP contribution in [0.1, 0.15) is 113 Å². The highest BCUT2D eigenvalue weighted by Crippen LogP contribution is 2.55. The van der Waals surface area contributed by atoms with Crippen LogP contribution in [0, 0.1) is 11.8 Å². The number of alkyl halides is 4. The van der Waals surface area contributed by atoms with Crippen LogP contribution in [-0.2, 0) is 19.1 Å². The number of carbonyl (C=O) groups excluding carboxylic acids is 3. The molecule has 0 radical (unpaired) electrons. The first-order chi connectivity index (χ1) is 30.4. The molecule has 4 aromatic rings. The maximum atomic E-state index is 15.1.